The number of ether oxygens (including phenoxy) is 1. The summed E-state index contributed by atoms with van der Waals surface area (Å²) >= 11 is 0. The number of aromatic nitrogens is 1. The minimum Gasteiger partial charge on any atom is -0.380 e. The zero-order valence-electron chi connectivity index (χ0n) is 13.8. The Morgan fingerprint density at radius 2 is 2.26 bits per heavy atom. The Balaban J connectivity index is 1.86. The van der Waals surface area contributed by atoms with Crippen molar-refractivity contribution >= 4 is 11.8 Å². The molecule has 7 heteroatoms. The third-order valence-corrected chi connectivity index (χ3v) is 4.05. The average molecular weight is 324 g/mol. The van der Waals surface area contributed by atoms with Crippen LogP contribution in [0.25, 0.3) is 0 Å². The molecule has 0 spiro atoms. The van der Waals surface area contributed by atoms with Gasteiger partial charge < -0.3 is 9.64 Å². The summed E-state index contributed by atoms with van der Waals surface area (Å²) in [5.74, 6) is -0.0554. The second kappa shape index (κ2) is 8.79. The standard InChI is InChI=1S/C16H25FN4O2/c1-3-14-12-21(8-7-20(14)9-10-23-4-2)16(22)19-15-6-5-13(17)11-18-15/h5-6,11,14H,3-4,7-10,12H2,1-2H3,(H,18,19,22). The van der Waals surface area contributed by atoms with Gasteiger partial charge in [0.1, 0.15) is 11.6 Å². The SMILES string of the molecule is CCOCCN1CCN(C(=O)Nc2ccc(F)cn2)CC1CC. The predicted octanol–water partition coefficient (Wildman–Crippen LogP) is 2.19. The average Bonchev–Trinajstić information content (AvgIpc) is 2.57. The first-order valence-corrected chi connectivity index (χ1v) is 8.13. The molecule has 2 rings (SSSR count). The number of hydrogen-bond acceptors (Lipinski definition) is 4. The number of amides is 2. The van der Waals surface area contributed by atoms with E-state index in [1.165, 1.54) is 12.1 Å². The molecule has 23 heavy (non-hydrogen) atoms. The molecule has 1 N–H and O–H groups in total. The van der Waals surface area contributed by atoms with E-state index in [0.29, 0.717) is 24.9 Å². The number of halogens is 1. The van der Waals surface area contributed by atoms with E-state index >= 15 is 0 Å². The molecule has 2 amide bonds. The van der Waals surface area contributed by atoms with Gasteiger partial charge in [-0.05, 0) is 25.5 Å². The van der Waals surface area contributed by atoms with Crippen molar-refractivity contribution in [1.29, 1.82) is 0 Å². The lowest BCUT2D eigenvalue weighted by Gasteiger charge is -2.41. The van der Waals surface area contributed by atoms with Crippen LogP contribution in [0.15, 0.2) is 18.3 Å². The first kappa shape index (κ1) is 17.6. The van der Waals surface area contributed by atoms with Crippen LogP contribution in [0, 0.1) is 5.82 Å². The van der Waals surface area contributed by atoms with Crippen molar-refractivity contribution in [3.05, 3.63) is 24.1 Å². The third-order valence-electron chi connectivity index (χ3n) is 4.05. The summed E-state index contributed by atoms with van der Waals surface area (Å²) in [6, 6.07) is 2.88. The Morgan fingerprint density at radius 3 is 2.91 bits per heavy atom. The summed E-state index contributed by atoms with van der Waals surface area (Å²) < 4.78 is 18.3. The van der Waals surface area contributed by atoms with Crippen LogP contribution in [0.4, 0.5) is 15.0 Å². The van der Waals surface area contributed by atoms with Gasteiger partial charge in [-0.3, -0.25) is 10.2 Å². The lowest BCUT2D eigenvalue weighted by atomic mass is 10.1. The fourth-order valence-corrected chi connectivity index (χ4v) is 2.72. The highest BCUT2D eigenvalue weighted by Crippen LogP contribution is 2.14. The summed E-state index contributed by atoms with van der Waals surface area (Å²) in [7, 11) is 0. The minimum atomic E-state index is -0.419. The Hall–Kier alpha value is -1.73. The Morgan fingerprint density at radius 1 is 1.43 bits per heavy atom. The van der Waals surface area contributed by atoms with Gasteiger partial charge in [0.25, 0.3) is 0 Å². The van der Waals surface area contributed by atoms with E-state index in [9.17, 15) is 9.18 Å². The zero-order valence-corrected chi connectivity index (χ0v) is 13.8. The molecule has 2 heterocycles. The van der Waals surface area contributed by atoms with E-state index in [1.807, 2.05) is 6.92 Å². The number of rotatable bonds is 6. The minimum absolute atomic E-state index is 0.188. The van der Waals surface area contributed by atoms with Crippen LogP contribution >= 0.6 is 0 Å². The molecule has 6 nitrogen and oxygen atoms in total. The number of piperazine rings is 1. The van der Waals surface area contributed by atoms with Crippen LogP contribution in [-0.2, 0) is 4.74 Å². The van der Waals surface area contributed by atoms with Gasteiger partial charge in [-0.2, -0.15) is 0 Å². The fraction of sp³-hybridized carbons (Fsp3) is 0.625. The van der Waals surface area contributed by atoms with Crippen LogP contribution in [0.5, 0.6) is 0 Å². The van der Waals surface area contributed by atoms with E-state index < -0.39 is 5.82 Å². The summed E-state index contributed by atoms with van der Waals surface area (Å²) in [4.78, 5) is 20.3. The van der Waals surface area contributed by atoms with Crippen molar-refractivity contribution in [3.63, 3.8) is 0 Å². The number of nitrogens with zero attached hydrogens (tertiary/aromatic N) is 3. The molecule has 1 fully saturated rings. The van der Waals surface area contributed by atoms with Gasteiger partial charge in [0, 0.05) is 38.8 Å². The first-order valence-electron chi connectivity index (χ1n) is 8.13. The zero-order chi connectivity index (χ0) is 16.7. The maximum atomic E-state index is 12.8. The van der Waals surface area contributed by atoms with Crippen LogP contribution in [0.3, 0.4) is 0 Å². The van der Waals surface area contributed by atoms with Gasteiger partial charge in [-0.25, -0.2) is 14.2 Å². The smallest absolute Gasteiger partial charge is 0.323 e. The van der Waals surface area contributed by atoms with Gasteiger partial charge in [-0.1, -0.05) is 6.92 Å². The largest absolute Gasteiger partial charge is 0.380 e. The maximum absolute atomic E-state index is 12.8. The summed E-state index contributed by atoms with van der Waals surface area (Å²) in [5, 5.41) is 2.72. The third kappa shape index (κ3) is 5.14. The van der Waals surface area contributed by atoms with Crippen molar-refractivity contribution < 1.29 is 13.9 Å². The van der Waals surface area contributed by atoms with Gasteiger partial charge >= 0.3 is 6.03 Å². The van der Waals surface area contributed by atoms with E-state index in [-0.39, 0.29) is 6.03 Å². The molecule has 128 valence electrons. The lowest BCUT2D eigenvalue weighted by Crippen LogP contribution is -2.56. The van der Waals surface area contributed by atoms with Crippen LogP contribution in [0.2, 0.25) is 0 Å². The predicted molar refractivity (Wildman–Crippen MR) is 86.9 cm³/mol. The lowest BCUT2D eigenvalue weighted by molar-refractivity contribution is 0.0545. The fourth-order valence-electron chi connectivity index (χ4n) is 2.72. The van der Waals surface area contributed by atoms with Gasteiger partial charge in [0.2, 0.25) is 0 Å². The van der Waals surface area contributed by atoms with Crippen LogP contribution < -0.4 is 5.32 Å². The molecule has 1 unspecified atom stereocenters. The van der Waals surface area contributed by atoms with Crippen molar-refractivity contribution in [1.82, 2.24) is 14.8 Å². The number of hydrogen-bond donors (Lipinski definition) is 1. The van der Waals surface area contributed by atoms with E-state index in [1.54, 1.807) is 4.90 Å². The quantitative estimate of drug-likeness (QED) is 0.815. The second-order valence-electron chi connectivity index (χ2n) is 5.53. The number of carbonyl (C=O) groups is 1. The number of nitrogens with one attached hydrogen (secondary N) is 1. The molecule has 1 aliphatic heterocycles. The molecule has 0 saturated carbocycles. The molecular formula is C16H25FN4O2. The van der Waals surface area contributed by atoms with E-state index in [0.717, 1.165) is 38.9 Å². The van der Waals surface area contributed by atoms with Crippen molar-refractivity contribution in [2.24, 2.45) is 0 Å². The Bertz CT molecular complexity index is 497. The number of anilines is 1. The molecule has 1 aliphatic rings. The highest BCUT2D eigenvalue weighted by atomic mass is 19.1. The normalized spacial score (nSPS) is 18.9. The van der Waals surface area contributed by atoms with Crippen molar-refractivity contribution in [2.45, 2.75) is 26.3 Å². The molecule has 0 aromatic carbocycles. The van der Waals surface area contributed by atoms with Gasteiger partial charge in [-0.15, -0.1) is 0 Å². The molecule has 0 aliphatic carbocycles. The second-order valence-corrected chi connectivity index (χ2v) is 5.53. The monoisotopic (exact) mass is 324 g/mol. The number of urea groups is 1. The molecule has 1 atom stereocenters. The van der Waals surface area contributed by atoms with E-state index in [4.69, 9.17) is 4.74 Å². The maximum Gasteiger partial charge on any atom is 0.323 e. The Kier molecular flexibility index (Phi) is 6.73. The molecular weight excluding hydrogens is 299 g/mol. The summed E-state index contributed by atoms with van der Waals surface area (Å²) in [6.45, 7) is 8.62. The van der Waals surface area contributed by atoms with E-state index in [2.05, 4.69) is 22.1 Å². The van der Waals surface area contributed by atoms with Crippen LogP contribution in [0.1, 0.15) is 20.3 Å². The molecule has 1 saturated heterocycles. The van der Waals surface area contributed by atoms with Crippen molar-refractivity contribution in [2.75, 3.05) is 44.7 Å². The highest BCUT2D eigenvalue weighted by molar-refractivity contribution is 5.88. The summed E-state index contributed by atoms with van der Waals surface area (Å²) in [5.41, 5.74) is 0. The molecule has 0 radical (unpaired) electrons. The van der Waals surface area contributed by atoms with Gasteiger partial charge in [0.05, 0.1) is 12.8 Å². The highest BCUT2D eigenvalue weighted by Gasteiger charge is 2.28. The van der Waals surface area contributed by atoms with Gasteiger partial charge in [0.15, 0.2) is 0 Å². The van der Waals surface area contributed by atoms with Crippen LogP contribution in [-0.4, -0.2) is 66.2 Å². The molecule has 1 aromatic rings. The first-order chi connectivity index (χ1) is 11.1. The number of pyridine rings is 1. The molecule has 0 bridgehead atoms. The topological polar surface area (TPSA) is 57.7 Å². The summed E-state index contributed by atoms with van der Waals surface area (Å²) in [6.07, 6.45) is 2.07. The number of carbonyl (C=O) groups excluding carboxylic acids is 1. The van der Waals surface area contributed by atoms with Crippen molar-refractivity contribution in [3.8, 4) is 0 Å². The molecule has 1 aromatic heterocycles. The Labute approximate surface area is 136 Å².